The van der Waals surface area contributed by atoms with E-state index in [0.717, 1.165) is 42.5 Å². The molecule has 0 fully saturated rings. The minimum Gasteiger partial charge on any atom is -0.360 e. The summed E-state index contributed by atoms with van der Waals surface area (Å²) in [6, 6.07) is 11.4. The van der Waals surface area contributed by atoms with Crippen LogP contribution in [-0.4, -0.2) is 23.6 Å². The molecule has 0 aliphatic carbocycles. The maximum Gasteiger partial charge on any atom is 0.136 e. The molecule has 5 heteroatoms. The Kier molecular flexibility index (Phi) is 5.31. The fraction of sp³-hybridized carbons (Fsp3) is 0.353. The van der Waals surface area contributed by atoms with Gasteiger partial charge in [0.15, 0.2) is 0 Å². The minimum absolute atomic E-state index is 0.621. The van der Waals surface area contributed by atoms with Crippen molar-refractivity contribution in [2.45, 2.75) is 26.7 Å². The van der Waals surface area contributed by atoms with E-state index in [1.807, 2.05) is 32.2 Å². The number of anilines is 3. The molecular weight excluding hydrogens is 274 g/mol. The molecule has 0 saturated heterocycles. The summed E-state index contributed by atoms with van der Waals surface area (Å²) >= 11 is 0. The summed E-state index contributed by atoms with van der Waals surface area (Å²) < 4.78 is 0. The van der Waals surface area contributed by atoms with E-state index in [9.17, 15) is 0 Å². The van der Waals surface area contributed by atoms with Crippen molar-refractivity contribution in [2.75, 3.05) is 23.8 Å². The maximum absolute atomic E-state index is 8.96. The number of hydrogen-bond donors (Lipinski definition) is 1. The van der Waals surface area contributed by atoms with Gasteiger partial charge >= 0.3 is 0 Å². The van der Waals surface area contributed by atoms with Gasteiger partial charge in [0.2, 0.25) is 0 Å². The number of nitriles is 1. The molecule has 1 aromatic carbocycles. The third-order valence-corrected chi connectivity index (χ3v) is 3.33. The summed E-state index contributed by atoms with van der Waals surface area (Å²) in [7, 11) is 2.04. The third kappa shape index (κ3) is 4.19. The highest BCUT2D eigenvalue weighted by Crippen LogP contribution is 2.20. The van der Waals surface area contributed by atoms with Gasteiger partial charge in [-0.2, -0.15) is 5.26 Å². The van der Waals surface area contributed by atoms with E-state index in [4.69, 9.17) is 5.26 Å². The van der Waals surface area contributed by atoms with Gasteiger partial charge in [-0.25, -0.2) is 9.97 Å². The average Bonchev–Trinajstić information content (AvgIpc) is 2.52. The van der Waals surface area contributed by atoms with Gasteiger partial charge < -0.3 is 10.2 Å². The Morgan fingerprint density at radius 1 is 1.27 bits per heavy atom. The highest BCUT2D eigenvalue weighted by atomic mass is 15.2. The number of aryl methyl sites for hydroxylation is 1. The Morgan fingerprint density at radius 3 is 2.82 bits per heavy atom. The minimum atomic E-state index is 0.621. The highest BCUT2D eigenvalue weighted by molar-refractivity contribution is 5.61. The molecule has 5 nitrogen and oxygen atoms in total. The number of hydrogen-bond acceptors (Lipinski definition) is 5. The number of aromatic nitrogens is 2. The molecule has 1 heterocycles. The monoisotopic (exact) mass is 295 g/mol. The number of unbranched alkanes of at least 4 members (excludes halogenated alkanes) is 1. The topological polar surface area (TPSA) is 64.8 Å². The van der Waals surface area contributed by atoms with Gasteiger partial charge in [0.1, 0.15) is 17.5 Å². The fourth-order valence-electron chi connectivity index (χ4n) is 2.14. The van der Waals surface area contributed by atoms with Crippen molar-refractivity contribution < 1.29 is 0 Å². The molecule has 0 spiro atoms. The van der Waals surface area contributed by atoms with Gasteiger partial charge in [0.05, 0.1) is 11.6 Å². The lowest BCUT2D eigenvalue weighted by Gasteiger charge is -2.19. The zero-order valence-electron chi connectivity index (χ0n) is 13.3. The Balaban J connectivity index is 2.20. The van der Waals surface area contributed by atoms with Crippen LogP contribution in [-0.2, 0) is 0 Å². The van der Waals surface area contributed by atoms with Crippen LogP contribution in [0, 0.1) is 18.3 Å². The van der Waals surface area contributed by atoms with Crippen molar-refractivity contribution >= 4 is 17.3 Å². The van der Waals surface area contributed by atoms with Crippen LogP contribution < -0.4 is 10.2 Å². The lowest BCUT2D eigenvalue weighted by atomic mass is 10.2. The molecule has 1 aromatic heterocycles. The van der Waals surface area contributed by atoms with E-state index in [2.05, 4.69) is 33.2 Å². The van der Waals surface area contributed by atoms with Crippen LogP contribution in [0.3, 0.4) is 0 Å². The molecule has 114 valence electrons. The SMILES string of the molecule is CCCCN(C)c1cc(Nc2cccc(C#N)c2)nc(C)n1. The zero-order valence-corrected chi connectivity index (χ0v) is 13.3. The Morgan fingerprint density at radius 2 is 2.09 bits per heavy atom. The second kappa shape index (κ2) is 7.41. The molecule has 1 N–H and O–H groups in total. The Hall–Kier alpha value is -2.61. The number of nitrogens with one attached hydrogen (secondary N) is 1. The first kappa shape index (κ1) is 15.8. The van der Waals surface area contributed by atoms with Crippen molar-refractivity contribution in [2.24, 2.45) is 0 Å². The summed E-state index contributed by atoms with van der Waals surface area (Å²) in [5, 5.41) is 12.2. The summed E-state index contributed by atoms with van der Waals surface area (Å²) in [5.74, 6) is 2.36. The van der Waals surface area contributed by atoms with Crippen molar-refractivity contribution in [1.82, 2.24) is 9.97 Å². The van der Waals surface area contributed by atoms with Gasteiger partial charge in [-0.15, -0.1) is 0 Å². The van der Waals surface area contributed by atoms with E-state index in [-0.39, 0.29) is 0 Å². The molecule has 0 radical (unpaired) electrons. The fourth-order valence-corrected chi connectivity index (χ4v) is 2.14. The lowest BCUT2D eigenvalue weighted by Crippen LogP contribution is -2.20. The normalized spacial score (nSPS) is 10.1. The second-order valence-electron chi connectivity index (χ2n) is 5.25. The van der Waals surface area contributed by atoms with Crippen LogP contribution in [0.1, 0.15) is 31.2 Å². The number of nitrogens with zero attached hydrogens (tertiary/aromatic N) is 4. The third-order valence-electron chi connectivity index (χ3n) is 3.33. The molecule has 2 rings (SSSR count). The summed E-state index contributed by atoms with van der Waals surface area (Å²) in [5.41, 5.74) is 1.47. The molecule has 0 unspecified atom stereocenters. The van der Waals surface area contributed by atoms with Crippen LogP contribution in [0.2, 0.25) is 0 Å². The Labute approximate surface area is 131 Å². The predicted molar refractivity (Wildman–Crippen MR) is 89.4 cm³/mol. The predicted octanol–water partition coefficient (Wildman–Crippen LogP) is 3.64. The van der Waals surface area contributed by atoms with Gasteiger partial charge in [-0.05, 0) is 31.5 Å². The lowest BCUT2D eigenvalue weighted by molar-refractivity contribution is 0.756. The smallest absolute Gasteiger partial charge is 0.136 e. The van der Waals surface area contributed by atoms with Gasteiger partial charge in [0, 0.05) is 25.3 Å². The van der Waals surface area contributed by atoms with Crippen LogP contribution in [0.15, 0.2) is 30.3 Å². The van der Waals surface area contributed by atoms with E-state index >= 15 is 0 Å². The maximum atomic E-state index is 8.96. The molecular formula is C17H21N5. The van der Waals surface area contributed by atoms with Crippen molar-refractivity contribution in [1.29, 1.82) is 5.26 Å². The van der Waals surface area contributed by atoms with Crippen LogP contribution >= 0.6 is 0 Å². The van der Waals surface area contributed by atoms with Crippen LogP contribution in [0.4, 0.5) is 17.3 Å². The molecule has 22 heavy (non-hydrogen) atoms. The van der Waals surface area contributed by atoms with Gasteiger partial charge in [0.25, 0.3) is 0 Å². The van der Waals surface area contributed by atoms with Crippen LogP contribution in [0.25, 0.3) is 0 Å². The molecule has 0 aliphatic heterocycles. The van der Waals surface area contributed by atoms with Crippen molar-refractivity contribution in [3.8, 4) is 6.07 Å². The summed E-state index contributed by atoms with van der Waals surface area (Å²) in [4.78, 5) is 11.0. The molecule has 0 atom stereocenters. The second-order valence-corrected chi connectivity index (χ2v) is 5.25. The Bertz CT molecular complexity index is 675. The van der Waals surface area contributed by atoms with E-state index in [0.29, 0.717) is 5.56 Å². The summed E-state index contributed by atoms with van der Waals surface area (Å²) in [6.07, 6.45) is 2.28. The molecule has 0 saturated carbocycles. The van der Waals surface area contributed by atoms with Crippen LogP contribution in [0.5, 0.6) is 0 Å². The molecule has 2 aromatic rings. The number of rotatable bonds is 6. The van der Waals surface area contributed by atoms with E-state index in [1.54, 1.807) is 12.1 Å². The van der Waals surface area contributed by atoms with Crippen molar-refractivity contribution in [3.05, 3.63) is 41.7 Å². The summed E-state index contributed by atoms with van der Waals surface area (Å²) in [6.45, 7) is 5.03. The average molecular weight is 295 g/mol. The molecule has 0 amide bonds. The molecule has 0 bridgehead atoms. The number of benzene rings is 1. The van der Waals surface area contributed by atoms with E-state index in [1.165, 1.54) is 0 Å². The molecule has 0 aliphatic rings. The van der Waals surface area contributed by atoms with Crippen molar-refractivity contribution in [3.63, 3.8) is 0 Å². The van der Waals surface area contributed by atoms with E-state index < -0.39 is 0 Å². The highest BCUT2D eigenvalue weighted by Gasteiger charge is 2.07. The standard InChI is InChI=1S/C17H21N5/c1-4-5-9-22(3)17-11-16(19-13(2)20-17)21-15-8-6-7-14(10-15)12-18/h6-8,10-11H,4-5,9H2,1-3H3,(H,19,20,21). The first-order valence-corrected chi connectivity index (χ1v) is 7.46. The first-order chi connectivity index (χ1) is 10.6. The largest absolute Gasteiger partial charge is 0.360 e. The first-order valence-electron chi connectivity index (χ1n) is 7.46. The quantitative estimate of drug-likeness (QED) is 0.881. The van der Waals surface area contributed by atoms with Gasteiger partial charge in [-0.1, -0.05) is 19.4 Å². The van der Waals surface area contributed by atoms with Gasteiger partial charge in [-0.3, -0.25) is 0 Å². The zero-order chi connectivity index (χ0) is 15.9.